The maximum atomic E-state index is 6.18. The number of benzene rings is 2. The summed E-state index contributed by atoms with van der Waals surface area (Å²) >= 11 is 12.0. The van der Waals surface area contributed by atoms with Gasteiger partial charge in [-0.1, -0.05) is 59.6 Å². The summed E-state index contributed by atoms with van der Waals surface area (Å²) in [7, 11) is 0. The minimum atomic E-state index is -0.0338. The highest BCUT2D eigenvalue weighted by Crippen LogP contribution is 2.27. The third kappa shape index (κ3) is 4.24. The zero-order valence-corrected chi connectivity index (χ0v) is 12.2. The molecule has 1 nitrogen and oxygen atoms in total. The molecular formula is C16H17Cl2N. The Bertz CT molecular complexity index is 526. The molecule has 2 rings (SSSR count). The van der Waals surface area contributed by atoms with Gasteiger partial charge in [-0.15, -0.1) is 0 Å². The van der Waals surface area contributed by atoms with Crippen LogP contribution in [0.5, 0.6) is 0 Å². The molecule has 0 aromatic heterocycles. The molecule has 1 unspecified atom stereocenters. The van der Waals surface area contributed by atoms with Crippen LogP contribution in [0.15, 0.2) is 48.5 Å². The maximum absolute atomic E-state index is 6.18. The van der Waals surface area contributed by atoms with E-state index < -0.39 is 0 Å². The second-order valence-corrected chi connectivity index (χ2v) is 5.49. The maximum Gasteiger partial charge on any atom is 0.0468 e. The summed E-state index contributed by atoms with van der Waals surface area (Å²) in [6, 6.07) is 15.9. The minimum Gasteiger partial charge on any atom is -0.324 e. The summed E-state index contributed by atoms with van der Waals surface area (Å²) < 4.78 is 0. The molecular weight excluding hydrogens is 277 g/mol. The van der Waals surface area contributed by atoms with Crippen LogP contribution < -0.4 is 5.73 Å². The lowest BCUT2D eigenvalue weighted by atomic mass is 10.00. The SMILES string of the molecule is NC(CCCc1ccccc1)c1ccc(Cl)cc1Cl. The van der Waals surface area contributed by atoms with Crippen molar-refractivity contribution in [3.63, 3.8) is 0 Å². The van der Waals surface area contributed by atoms with Crippen molar-refractivity contribution < 1.29 is 0 Å². The molecule has 1 atom stereocenters. The van der Waals surface area contributed by atoms with E-state index >= 15 is 0 Å². The predicted molar refractivity (Wildman–Crippen MR) is 82.8 cm³/mol. The van der Waals surface area contributed by atoms with Crippen molar-refractivity contribution >= 4 is 23.2 Å². The molecule has 2 aromatic rings. The van der Waals surface area contributed by atoms with Crippen LogP contribution >= 0.6 is 23.2 Å². The smallest absolute Gasteiger partial charge is 0.0468 e. The highest BCUT2D eigenvalue weighted by atomic mass is 35.5. The fraction of sp³-hybridized carbons (Fsp3) is 0.250. The first-order valence-electron chi connectivity index (χ1n) is 6.41. The van der Waals surface area contributed by atoms with Gasteiger partial charge in [-0.2, -0.15) is 0 Å². The Morgan fingerprint density at radius 3 is 2.42 bits per heavy atom. The van der Waals surface area contributed by atoms with Crippen LogP contribution in [-0.2, 0) is 6.42 Å². The Labute approximate surface area is 124 Å². The van der Waals surface area contributed by atoms with Gasteiger partial charge < -0.3 is 5.73 Å². The lowest BCUT2D eigenvalue weighted by Gasteiger charge is -2.14. The first-order valence-corrected chi connectivity index (χ1v) is 7.17. The standard InChI is InChI=1S/C16H17Cl2N/c17-13-9-10-14(15(18)11-13)16(19)8-4-7-12-5-2-1-3-6-12/h1-3,5-6,9-11,16H,4,7-8,19H2. The first kappa shape index (κ1) is 14.4. The highest BCUT2D eigenvalue weighted by molar-refractivity contribution is 6.35. The molecule has 2 N–H and O–H groups in total. The van der Waals surface area contributed by atoms with E-state index in [1.165, 1.54) is 5.56 Å². The second-order valence-electron chi connectivity index (χ2n) is 4.65. The molecule has 2 aromatic carbocycles. The highest BCUT2D eigenvalue weighted by Gasteiger charge is 2.10. The summed E-state index contributed by atoms with van der Waals surface area (Å²) in [5.41, 5.74) is 8.50. The number of rotatable bonds is 5. The fourth-order valence-electron chi connectivity index (χ4n) is 2.13. The summed E-state index contributed by atoms with van der Waals surface area (Å²) in [5.74, 6) is 0. The summed E-state index contributed by atoms with van der Waals surface area (Å²) in [6.07, 6.45) is 3.00. The van der Waals surface area contributed by atoms with Gasteiger partial charge in [0.15, 0.2) is 0 Å². The summed E-state index contributed by atoms with van der Waals surface area (Å²) in [4.78, 5) is 0. The number of aryl methyl sites for hydroxylation is 1. The van der Waals surface area contributed by atoms with Crippen LogP contribution in [-0.4, -0.2) is 0 Å². The molecule has 0 fully saturated rings. The van der Waals surface area contributed by atoms with Crippen LogP contribution in [0.3, 0.4) is 0 Å². The van der Waals surface area contributed by atoms with E-state index in [1.54, 1.807) is 6.07 Å². The van der Waals surface area contributed by atoms with Gasteiger partial charge in [0, 0.05) is 16.1 Å². The second kappa shape index (κ2) is 6.95. The average Bonchev–Trinajstić information content (AvgIpc) is 2.39. The lowest BCUT2D eigenvalue weighted by molar-refractivity contribution is 0.611. The third-order valence-corrected chi connectivity index (χ3v) is 3.75. The Morgan fingerprint density at radius 1 is 1.00 bits per heavy atom. The first-order chi connectivity index (χ1) is 9.16. The Hall–Kier alpha value is -1.02. The molecule has 0 saturated heterocycles. The molecule has 19 heavy (non-hydrogen) atoms. The number of hydrogen-bond donors (Lipinski definition) is 1. The Morgan fingerprint density at radius 2 is 1.74 bits per heavy atom. The van der Waals surface area contributed by atoms with E-state index in [-0.39, 0.29) is 6.04 Å². The van der Waals surface area contributed by atoms with Crippen molar-refractivity contribution in [1.29, 1.82) is 0 Å². The number of nitrogens with two attached hydrogens (primary N) is 1. The monoisotopic (exact) mass is 293 g/mol. The molecule has 0 spiro atoms. The van der Waals surface area contributed by atoms with Crippen molar-refractivity contribution in [2.75, 3.05) is 0 Å². The molecule has 0 amide bonds. The van der Waals surface area contributed by atoms with Crippen LogP contribution in [0.1, 0.15) is 30.0 Å². The van der Waals surface area contributed by atoms with Gasteiger partial charge in [0.2, 0.25) is 0 Å². The molecule has 0 aliphatic heterocycles. The van der Waals surface area contributed by atoms with E-state index in [0.717, 1.165) is 24.8 Å². The third-order valence-electron chi connectivity index (χ3n) is 3.19. The van der Waals surface area contributed by atoms with E-state index in [0.29, 0.717) is 10.0 Å². The van der Waals surface area contributed by atoms with E-state index in [1.807, 2.05) is 18.2 Å². The van der Waals surface area contributed by atoms with Crippen LogP contribution in [0.25, 0.3) is 0 Å². The van der Waals surface area contributed by atoms with Crippen molar-refractivity contribution in [1.82, 2.24) is 0 Å². The van der Waals surface area contributed by atoms with Gasteiger partial charge in [-0.05, 0) is 42.5 Å². The van der Waals surface area contributed by atoms with Gasteiger partial charge >= 0.3 is 0 Å². The van der Waals surface area contributed by atoms with E-state index in [4.69, 9.17) is 28.9 Å². The zero-order chi connectivity index (χ0) is 13.7. The molecule has 3 heteroatoms. The lowest BCUT2D eigenvalue weighted by Crippen LogP contribution is -2.11. The van der Waals surface area contributed by atoms with Gasteiger partial charge in [0.25, 0.3) is 0 Å². The Balaban J connectivity index is 1.89. The summed E-state index contributed by atoms with van der Waals surface area (Å²) in [5, 5.41) is 1.30. The molecule has 0 bridgehead atoms. The number of hydrogen-bond acceptors (Lipinski definition) is 1. The van der Waals surface area contributed by atoms with E-state index in [2.05, 4.69) is 24.3 Å². The number of halogens is 2. The molecule has 0 radical (unpaired) electrons. The predicted octanol–water partition coefficient (Wildman–Crippen LogP) is 5.02. The van der Waals surface area contributed by atoms with Crippen molar-refractivity contribution in [2.24, 2.45) is 5.73 Å². The van der Waals surface area contributed by atoms with Crippen LogP contribution in [0.2, 0.25) is 10.0 Å². The molecule has 0 saturated carbocycles. The quantitative estimate of drug-likeness (QED) is 0.823. The zero-order valence-electron chi connectivity index (χ0n) is 10.7. The van der Waals surface area contributed by atoms with Gasteiger partial charge in [-0.3, -0.25) is 0 Å². The van der Waals surface area contributed by atoms with E-state index in [9.17, 15) is 0 Å². The molecule has 0 aliphatic carbocycles. The largest absolute Gasteiger partial charge is 0.324 e. The average molecular weight is 294 g/mol. The van der Waals surface area contributed by atoms with Crippen LogP contribution in [0, 0.1) is 0 Å². The Kier molecular flexibility index (Phi) is 5.26. The molecule has 100 valence electrons. The van der Waals surface area contributed by atoms with Gasteiger partial charge in [0.05, 0.1) is 0 Å². The van der Waals surface area contributed by atoms with Gasteiger partial charge in [-0.25, -0.2) is 0 Å². The normalized spacial score (nSPS) is 12.4. The fourth-order valence-corrected chi connectivity index (χ4v) is 2.68. The van der Waals surface area contributed by atoms with Gasteiger partial charge in [0.1, 0.15) is 0 Å². The van der Waals surface area contributed by atoms with Crippen molar-refractivity contribution in [3.05, 3.63) is 69.7 Å². The van der Waals surface area contributed by atoms with Crippen molar-refractivity contribution in [3.8, 4) is 0 Å². The molecule has 0 aliphatic rings. The van der Waals surface area contributed by atoms with Crippen molar-refractivity contribution in [2.45, 2.75) is 25.3 Å². The topological polar surface area (TPSA) is 26.0 Å². The summed E-state index contributed by atoms with van der Waals surface area (Å²) in [6.45, 7) is 0. The van der Waals surface area contributed by atoms with Crippen LogP contribution in [0.4, 0.5) is 0 Å². The molecule has 0 heterocycles. The minimum absolute atomic E-state index is 0.0338.